The lowest BCUT2D eigenvalue weighted by atomic mass is 10.2. The van der Waals surface area contributed by atoms with Gasteiger partial charge < -0.3 is 9.64 Å². The Bertz CT molecular complexity index is 986. The van der Waals surface area contributed by atoms with Gasteiger partial charge in [0.1, 0.15) is 5.75 Å². The van der Waals surface area contributed by atoms with Gasteiger partial charge >= 0.3 is 0 Å². The van der Waals surface area contributed by atoms with Crippen molar-refractivity contribution in [2.75, 3.05) is 23.5 Å². The summed E-state index contributed by atoms with van der Waals surface area (Å²) in [6.07, 6.45) is 0.251. The summed E-state index contributed by atoms with van der Waals surface area (Å²) in [5.41, 5.74) is 0.786. The normalized spacial score (nSPS) is 24.9. The van der Waals surface area contributed by atoms with E-state index in [1.165, 1.54) is 23.1 Å². The minimum Gasteiger partial charge on any atom is -0.497 e. The number of sulfone groups is 1. The molecule has 2 aliphatic heterocycles. The Morgan fingerprint density at radius 1 is 1.30 bits per heavy atom. The third kappa shape index (κ3) is 3.90. The number of methoxy groups -OCH3 is 1. The van der Waals surface area contributed by atoms with E-state index in [1.54, 1.807) is 7.11 Å². The average molecular weight is 423 g/mol. The van der Waals surface area contributed by atoms with Crippen LogP contribution in [0.4, 0.5) is 5.69 Å². The summed E-state index contributed by atoms with van der Waals surface area (Å²) in [4.78, 5) is 19.6. The van der Waals surface area contributed by atoms with Crippen LogP contribution in [0, 0.1) is 0 Å². The summed E-state index contributed by atoms with van der Waals surface area (Å²) in [6.45, 7) is 0. The number of thiophene rings is 1. The molecule has 4 rings (SSSR count). The van der Waals surface area contributed by atoms with Crippen molar-refractivity contribution in [1.29, 1.82) is 0 Å². The van der Waals surface area contributed by atoms with Crippen molar-refractivity contribution < 1.29 is 17.9 Å². The first-order valence-corrected chi connectivity index (χ1v) is 12.0. The minimum absolute atomic E-state index is 0.0695. The highest BCUT2D eigenvalue weighted by Gasteiger charge is 2.49. The molecule has 27 heavy (non-hydrogen) atoms. The van der Waals surface area contributed by atoms with Crippen molar-refractivity contribution in [2.24, 2.45) is 4.99 Å². The van der Waals surface area contributed by atoms with Crippen molar-refractivity contribution >= 4 is 49.7 Å². The van der Waals surface area contributed by atoms with Gasteiger partial charge in [-0.2, -0.15) is 4.99 Å². The number of fused-ring (bicyclic) bond motifs is 1. The molecule has 2 aromatic rings. The van der Waals surface area contributed by atoms with Gasteiger partial charge in [0, 0.05) is 21.9 Å². The molecule has 2 atom stereocenters. The molecule has 1 aromatic heterocycles. The van der Waals surface area contributed by atoms with Gasteiger partial charge in [-0.1, -0.05) is 23.9 Å². The van der Waals surface area contributed by atoms with Crippen LogP contribution in [0.3, 0.4) is 0 Å². The number of benzene rings is 1. The van der Waals surface area contributed by atoms with Crippen LogP contribution >= 0.6 is 23.1 Å². The van der Waals surface area contributed by atoms with Gasteiger partial charge in [-0.3, -0.25) is 4.79 Å². The van der Waals surface area contributed by atoms with E-state index in [0.29, 0.717) is 10.9 Å². The van der Waals surface area contributed by atoms with E-state index in [-0.39, 0.29) is 35.1 Å². The fourth-order valence-electron chi connectivity index (χ4n) is 3.34. The third-order valence-electron chi connectivity index (χ3n) is 4.52. The number of thioether (sulfide) groups is 1. The van der Waals surface area contributed by atoms with Crippen LogP contribution in [-0.4, -0.2) is 49.4 Å². The molecule has 3 heterocycles. The molecule has 2 aliphatic rings. The summed E-state index contributed by atoms with van der Waals surface area (Å²) in [5.74, 6) is 0.628. The van der Waals surface area contributed by atoms with Crippen molar-refractivity contribution in [2.45, 2.75) is 17.7 Å². The smallest absolute Gasteiger partial charge is 0.253 e. The number of rotatable bonds is 4. The second-order valence-electron chi connectivity index (χ2n) is 6.42. The second kappa shape index (κ2) is 7.29. The van der Waals surface area contributed by atoms with Crippen LogP contribution in [0.15, 0.2) is 46.8 Å². The molecule has 0 radical (unpaired) electrons. The van der Waals surface area contributed by atoms with E-state index in [1.807, 2.05) is 46.7 Å². The highest BCUT2D eigenvalue weighted by Crippen LogP contribution is 2.41. The van der Waals surface area contributed by atoms with Gasteiger partial charge in [-0.05, 0) is 23.6 Å². The Balaban J connectivity index is 1.67. The van der Waals surface area contributed by atoms with Crippen molar-refractivity contribution in [1.82, 2.24) is 0 Å². The van der Waals surface area contributed by atoms with Gasteiger partial charge in [-0.15, -0.1) is 11.3 Å². The van der Waals surface area contributed by atoms with Crippen LogP contribution in [0.5, 0.6) is 5.75 Å². The summed E-state index contributed by atoms with van der Waals surface area (Å²) in [5, 5.41) is 2.38. The summed E-state index contributed by atoms with van der Waals surface area (Å²) in [6, 6.07) is 11.0. The number of carbonyl (C=O) groups excluding carboxylic acids is 1. The molecule has 0 spiro atoms. The first kappa shape index (κ1) is 18.5. The van der Waals surface area contributed by atoms with E-state index in [2.05, 4.69) is 4.99 Å². The van der Waals surface area contributed by atoms with E-state index in [4.69, 9.17) is 4.74 Å². The number of amides is 1. The van der Waals surface area contributed by atoms with Gasteiger partial charge in [0.2, 0.25) is 0 Å². The van der Waals surface area contributed by atoms with Crippen LogP contribution < -0.4 is 9.64 Å². The first-order chi connectivity index (χ1) is 12.9. The van der Waals surface area contributed by atoms with Gasteiger partial charge in [0.25, 0.3) is 5.91 Å². The summed E-state index contributed by atoms with van der Waals surface area (Å²) >= 11 is 2.90. The largest absolute Gasteiger partial charge is 0.497 e. The molecule has 142 valence electrons. The van der Waals surface area contributed by atoms with Gasteiger partial charge in [0.15, 0.2) is 15.0 Å². The minimum atomic E-state index is -3.09. The van der Waals surface area contributed by atoms with E-state index in [0.717, 1.165) is 10.6 Å². The maximum absolute atomic E-state index is 12.4. The lowest BCUT2D eigenvalue weighted by Crippen LogP contribution is -2.37. The van der Waals surface area contributed by atoms with Crippen LogP contribution in [0.25, 0.3) is 0 Å². The number of carbonyl (C=O) groups is 1. The number of hydrogen-bond acceptors (Lipinski definition) is 6. The lowest BCUT2D eigenvalue weighted by Gasteiger charge is -2.24. The van der Waals surface area contributed by atoms with Crippen LogP contribution in [0.2, 0.25) is 0 Å². The lowest BCUT2D eigenvalue weighted by molar-refractivity contribution is -0.117. The Morgan fingerprint density at radius 3 is 2.89 bits per heavy atom. The molecule has 2 saturated heterocycles. The number of anilines is 1. The monoisotopic (exact) mass is 422 g/mol. The zero-order valence-corrected chi connectivity index (χ0v) is 17.0. The molecule has 1 aromatic carbocycles. The van der Waals surface area contributed by atoms with Crippen LogP contribution in [0.1, 0.15) is 4.88 Å². The zero-order valence-electron chi connectivity index (χ0n) is 14.6. The molecule has 6 nitrogen and oxygen atoms in total. The predicted molar refractivity (Wildman–Crippen MR) is 110 cm³/mol. The SMILES string of the molecule is COc1cccc(N2C(=NC(=O)Cc3cccs3)S[C@H]3CS(=O)(=O)C[C@H]32)c1. The maximum atomic E-state index is 12.4. The standard InChI is InChI=1S/C18H18N2O4S3/c1-24-13-5-2-4-12(8-13)20-15-10-27(22,23)11-16(15)26-18(20)19-17(21)9-14-6-3-7-25-14/h2-8,15-16H,9-11H2,1H3/t15-,16+/m1/s1. The van der Waals surface area contributed by atoms with Gasteiger partial charge in [-0.25, -0.2) is 8.42 Å². The molecule has 0 unspecified atom stereocenters. The number of nitrogens with zero attached hydrogens (tertiary/aromatic N) is 2. The highest BCUT2D eigenvalue weighted by atomic mass is 32.2. The molecule has 0 bridgehead atoms. The van der Waals surface area contributed by atoms with Crippen molar-refractivity contribution in [3.8, 4) is 5.75 Å². The molecular formula is C18H18N2O4S3. The first-order valence-electron chi connectivity index (χ1n) is 8.39. The predicted octanol–water partition coefficient (Wildman–Crippen LogP) is 2.60. The summed E-state index contributed by atoms with van der Waals surface area (Å²) in [7, 11) is -1.50. The van der Waals surface area contributed by atoms with Gasteiger partial charge in [0.05, 0.1) is 31.1 Å². The molecule has 0 aliphatic carbocycles. The van der Waals surface area contributed by atoms with E-state index >= 15 is 0 Å². The second-order valence-corrected chi connectivity index (χ2v) is 10.8. The average Bonchev–Trinajstić information content (AvgIpc) is 3.29. The molecule has 0 N–H and O–H groups in total. The third-order valence-corrected chi connectivity index (χ3v) is 8.61. The Morgan fingerprint density at radius 2 is 2.15 bits per heavy atom. The van der Waals surface area contributed by atoms with Crippen LogP contribution in [-0.2, 0) is 21.1 Å². The number of aliphatic imine (C=N–C) groups is 1. The quantitative estimate of drug-likeness (QED) is 0.754. The molecule has 2 fully saturated rings. The Hall–Kier alpha value is -1.84. The molecular weight excluding hydrogens is 404 g/mol. The maximum Gasteiger partial charge on any atom is 0.253 e. The molecule has 1 amide bonds. The zero-order chi connectivity index (χ0) is 19.0. The fraction of sp³-hybridized carbons (Fsp3) is 0.333. The van der Waals surface area contributed by atoms with E-state index in [9.17, 15) is 13.2 Å². The number of ether oxygens (including phenoxy) is 1. The number of amidine groups is 1. The topological polar surface area (TPSA) is 76.0 Å². The van der Waals surface area contributed by atoms with E-state index < -0.39 is 9.84 Å². The number of hydrogen-bond donors (Lipinski definition) is 0. The molecule has 9 heteroatoms. The van der Waals surface area contributed by atoms with Crippen molar-refractivity contribution in [3.05, 3.63) is 46.7 Å². The molecule has 0 saturated carbocycles. The Labute approximate surface area is 166 Å². The van der Waals surface area contributed by atoms with Crippen molar-refractivity contribution in [3.63, 3.8) is 0 Å². The summed E-state index contributed by atoms with van der Waals surface area (Å²) < 4.78 is 29.5. The Kier molecular flexibility index (Phi) is 5.00. The highest BCUT2D eigenvalue weighted by molar-refractivity contribution is 8.16. The fourth-order valence-corrected chi connectivity index (χ4v) is 7.96.